The molecule has 15 heavy (non-hydrogen) atoms. The molecule has 0 aliphatic heterocycles. The van der Waals surface area contributed by atoms with Crippen molar-refractivity contribution in [3.05, 3.63) is 16.9 Å². The average molecular weight is 230 g/mol. The van der Waals surface area contributed by atoms with Gasteiger partial charge in [0.05, 0.1) is 0 Å². The van der Waals surface area contributed by atoms with Crippen LogP contribution in [-0.2, 0) is 4.74 Å². The lowest BCUT2D eigenvalue weighted by molar-refractivity contribution is 0.00628. The van der Waals surface area contributed by atoms with Gasteiger partial charge in [0.1, 0.15) is 10.8 Å². The Hall–Kier alpha value is -1.36. The number of anilines is 1. The van der Waals surface area contributed by atoms with E-state index < -0.39 is 11.6 Å². The zero-order valence-corrected chi connectivity index (χ0v) is 9.50. The predicted molar refractivity (Wildman–Crippen MR) is 56.6 cm³/mol. The molecule has 82 valence electrons. The first-order chi connectivity index (χ1) is 6.78. The highest BCUT2D eigenvalue weighted by Gasteiger charge is 2.19. The maximum absolute atomic E-state index is 11.5. The number of carbonyl (C=O) groups is 1. The van der Waals surface area contributed by atoms with Gasteiger partial charge in [-0.25, -0.2) is 14.8 Å². The molecule has 0 saturated heterocycles. The summed E-state index contributed by atoms with van der Waals surface area (Å²) in [7, 11) is 0. The fourth-order valence-corrected chi connectivity index (χ4v) is 1.06. The Morgan fingerprint density at radius 1 is 1.47 bits per heavy atom. The van der Waals surface area contributed by atoms with Gasteiger partial charge < -0.3 is 10.5 Å². The zero-order chi connectivity index (χ0) is 11.6. The quantitative estimate of drug-likeness (QED) is 0.585. The Bertz CT molecular complexity index is 367. The van der Waals surface area contributed by atoms with Crippen LogP contribution in [0.4, 0.5) is 5.95 Å². The molecule has 2 N–H and O–H groups in total. The SMILES string of the molecule is CC(C)(C)OC(=O)c1cc(Cl)nc(N)n1. The van der Waals surface area contributed by atoms with Gasteiger partial charge in [-0.05, 0) is 20.8 Å². The lowest BCUT2D eigenvalue weighted by Gasteiger charge is -2.19. The van der Waals surface area contributed by atoms with Gasteiger partial charge in [0, 0.05) is 6.07 Å². The second kappa shape index (κ2) is 4.02. The Kier molecular flexibility index (Phi) is 3.14. The highest BCUT2D eigenvalue weighted by Crippen LogP contribution is 2.13. The van der Waals surface area contributed by atoms with Crippen LogP contribution < -0.4 is 5.73 Å². The summed E-state index contributed by atoms with van der Waals surface area (Å²) < 4.78 is 5.09. The van der Waals surface area contributed by atoms with Gasteiger partial charge >= 0.3 is 5.97 Å². The van der Waals surface area contributed by atoms with E-state index in [2.05, 4.69) is 9.97 Å². The Balaban J connectivity index is 2.92. The standard InChI is InChI=1S/C9H12ClN3O2/c1-9(2,3)15-7(14)5-4-6(10)13-8(11)12-5/h4H,1-3H3,(H2,11,12,13). The number of nitrogens with two attached hydrogens (primary N) is 1. The summed E-state index contributed by atoms with van der Waals surface area (Å²) in [5, 5.41) is 0.114. The highest BCUT2D eigenvalue weighted by molar-refractivity contribution is 6.29. The van der Waals surface area contributed by atoms with E-state index >= 15 is 0 Å². The third-order valence-electron chi connectivity index (χ3n) is 1.32. The maximum Gasteiger partial charge on any atom is 0.357 e. The number of hydrogen-bond donors (Lipinski definition) is 1. The van der Waals surface area contributed by atoms with Gasteiger partial charge in [-0.3, -0.25) is 0 Å². The lowest BCUT2D eigenvalue weighted by atomic mass is 10.2. The largest absolute Gasteiger partial charge is 0.455 e. The van der Waals surface area contributed by atoms with E-state index in [4.69, 9.17) is 22.1 Å². The minimum absolute atomic E-state index is 0.0524. The second-order valence-corrected chi connectivity index (χ2v) is 4.32. The molecule has 0 spiro atoms. The molecule has 1 rings (SSSR count). The van der Waals surface area contributed by atoms with Crippen LogP contribution in [0.1, 0.15) is 31.3 Å². The van der Waals surface area contributed by atoms with Gasteiger partial charge in [0.2, 0.25) is 5.95 Å². The molecule has 0 aliphatic rings. The van der Waals surface area contributed by atoms with Crippen LogP contribution in [0.15, 0.2) is 6.07 Å². The summed E-state index contributed by atoms with van der Waals surface area (Å²) in [6.07, 6.45) is 0. The lowest BCUT2D eigenvalue weighted by Crippen LogP contribution is -2.24. The second-order valence-electron chi connectivity index (χ2n) is 3.94. The van der Waals surface area contributed by atoms with Crippen molar-refractivity contribution in [2.75, 3.05) is 5.73 Å². The molecule has 0 aliphatic carbocycles. The molecule has 0 radical (unpaired) electrons. The van der Waals surface area contributed by atoms with Crippen LogP contribution in [0.25, 0.3) is 0 Å². The zero-order valence-electron chi connectivity index (χ0n) is 8.74. The van der Waals surface area contributed by atoms with E-state index in [1.165, 1.54) is 6.07 Å². The molecule has 0 bridgehead atoms. The summed E-state index contributed by atoms with van der Waals surface area (Å²) in [4.78, 5) is 18.9. The van der Waals surface area contributed by atoms with Gasteiger partial charge in [0.15, 0.2) is 5.69 Å². The van der Waals surface area contributed by atoms with Crippen molar-refractivity contribution in [3.8, 4) is 0 Å². The molecule has 1 aromatic heterocycles. The summed E-state index contributed by atoms with van der Waals surface area (Å²) in [6, 6.07) is 1.31. The van der Waals surface area contributed by atoms with Crippen molar-refractivity contribution in [2.45, 2.75) is 26.4 Å². The predicted octanol–water partition coefficient (Wildman–Crippen LogP) is 1.67. The van der Waals surface area contributed by atoms with Crippen molar-refractivity contribution < 1.29 is 9.53 Å². The number of carbonyl (C=O) groups excluding carboxylic acids is 1. The molecular formula is C9H12ClN3O2. The minimum Gasteiger partial charge on any atom is -0.455 e. The van der Waals surface area contributed by atoms with E-state index in [1.54, 1.807) is 20.8 Å². The Morgan fingerprint density at radius 3 is 2.53 bits per heavy atom. The number of aromatic nitrogens is 2. The summed E-state index contributed by atoms with van der Waals surface area (Å²) >= 11 is 5.63. The van der Waals surface area contributed by atoms with E-state index in [1.807, 2.05) is 0 Å². The fraction of sp³-hybridized carbons (Fsp3) is 0.444. The van der Waals surface area contributed by atoms with Crippen LogP contribution in [-0.4, -0.2) is 21.5 Å². The summed E-state index contributed by atoms with van der Waals surface area (Å²) in [5.74, 6) is -0.623. The third kappa shape index (κ3) is 3.71. The molecule has 0 unspecified atom stereocenters. The molecule has 0 aromatic carbocycles. The van der Waals surface area contributed by atoms with Gasteiger partial charge in [-0.1, -0.05) is 11.6 Å². The smallest absolute Gasteiger partial charge is 0.357 e. The number of nitrogens with zero attached hydrogens (tertiary/aromatic N) is 2. The van der Waals surface area contributed by atoms with Crippen molar-refractivity contribution in [1.29, 1.82) is 0 Å². The van der Waals surface area contributed by atoms with Gasteiger partial charge in [-0.2, -0.15) is 0 Å². The molecular weight excluding hydrogens is 218 g/mol. The molecule has 5 nitrogen and oxygen atoms in total. The molecule has 0 amide bonds. The van der Waals surface area contributed by atoms with Crippen molar-refractivity contribution in [1.82, 2.24) is 9.97 Å². The fourth-order valence-electron chi connectivity index (χ4n) is 0.870. The van der Waals surface area contributed by atoms with Crippen LogP contribution in [0, 0.1) is 0 Å². The first-order valence-electron chi connectivity index (χ1n) is 4.31. The first kappa shape index (κ1) is 11.7. The summed E-state index contributed by atoms with van der Waals surface area (Å²) in [5.41, 5.74) is 4.82. The molecule has 0 atom stereocenters. The Labute approximate surface area is 92.6 Å². The number of hydrogen-bond acceptors (Lipinski definition) is 5. The van der Waals surface area contributed by atoms with Gasteiger partial charge in [-0.15, -0.1) is 0 Å². The number of nitrogen functional groups attached to an aromatic ring is 1. The van der Waals surface area contributed by atoms with Crippen LogP contribution in [0.5, 0.6) is 0 Å². The normalized spacial score (nSPS) is 11.2. The monoisotopic (exact) mass is 229 g/mol. The molecule has 1 heterocycles. The number of halogens is 1. The van der Waals surface area contributed by atoms with E-state index in [9.17, 15) is 4.79 Å². The van der Waals surface area contributed by atoms with Crippen LogP contribution in [0.3, 0.4) is 0 Å². The third-order valence-corrected chi connectivity index (χ3v) is 1.51. The minimum atomic E-state index is -0.580. The number of ether oxygens (including phenoxy) is 1. The molecule has 6 heteroatoms. The van der Waals surface area contributed by atoms with E-state index in [0.717, 1.165) is 0 Å². The van der Waals surface area contributed by atoms with Crippen LogP contribution in [0.2, 0.25) is 5.15 Å². The topological polar surface area (TPSA) is 78.1 Å². The molecule has 1 aromatic rings. The average Bonchev–Trinajstić information content (AvgIpc) is 1.98. The first-order valence-corrected chi connectivity index (χ1v) is 4.69. The number of rotatable bonds is 1. The molecule has 0 saturated carbocycles. The van der Waals surface area contributed by atoms with Crippen molar-refractivity contribution >= 4 is 23.5 Å². The van der Waals surface area contributed by atoms with Crippen molar-refractivity contribution in [2.24, 2.45) is 0 Å². The van der Waals surface area contributed by atoms with Gasteiger partial charge in [0.25, 0.3) is 0 Å². The van der Waals surface area contributed by atoms with Crippen molar-refractivity contribution in [3.63, 3.8) is 0 Å². The highest BCUT2D eigenvalue weighted by atomic mass is 35.5. The number of esters is 1. The maximum atomic E-state index is 11.5. The van der Waals surface area contributed by atoms with Crippen LogP contribution >= 0.6 is 11.6 Å². The van der Waals surface area contributed by atoms with E-state index in [0.29, 0.717) is 0 Å². The Morgan fingerprint density at radius 2 is 2.07 bits per heavy atom. The molecule has 0 fully saturated rings. The van der Waals surface area contributed by atoms with E-state index in [-0.39, 0.29) is 16.8 Å². The summed E-state index contributed by atoms with van der Waals surface area (Å²) in [6.45, 7) is 5.28.